The van der Waals surface area contributed by atoms with E-state index in [0.717, 1.165) is 21.5 Å². The summed E-state index contributed by atoms with van der Waals surface area (Å²) in [6.45, 7) is 6.17. The number of nitrogens with one attached hydrogen (secondary N) is 2. The minimum absolute atomic E-state index is 0.232. The van der Waals surface area contributed by atoms with Crippen molar-refractivity contribution >= 4 is 44.9 Å². The molecule has 0 heterocycles. The van der Waals surface area contributed by atoms with Crippen molar-refractivity contribution in [2.24, 2.45) is 0 Å². The number of amides is 1. The summed E-state index contributed by atoms with van der Waals surface area (Å²) in [7, 11) is 0. The van der Waals surface area contributed by atoms with Crippen LogP contribution in [0.2, 0.25) is 0 Å². The van der Waals surface area contributed by atoms with E-state index in [1.807, 2.05) is 37.3 Å². The standard InChI is InChI=1S/C18H17BrN2O2S/c1-12(2)11-23-16-8-6-15(7-9-16)20-18(24)21-17(22)13-4-3-5-14(19)10-13/h3-10H,1,11H2,2H3,(H2,20,21,22,24). The largest absolute Gasteiger partial charge is 0.489 e. The molecule has 4 nitrogen and oxygen atoms in total. The van der Waals surface area contributed by atoms with Gasteiger partial charge >= 0.3 is 0 Å². The Morgan fingerprint density at radius 2 is 1.96 bits per heavy atom. The third-order valence-corrected chi connectivity index (χ3v) is 3.61. The van der Waals surface area contributed by atoms with Gasteiger partial charge in [0.15, 0.2) is 5.11 Å². The first-order chi connectivity index (χ1) is 11.4. The van der Waals surface area contributed by atoms with E-state index in [0.29, 0.717) is 12.2 Å². The van der Waals surface area contributed by atoms with E-state index < -0.39 is 0 Å². The van der Waals surface area contributed by atoms with Gasteiger partial charge in [0, 0.05) is 15.7 Å². The first-order valence-corrected chi connectivity index (χ1v) is 8.39. The van der Waals surface area contributed by atoms with Gasteiger partial charge in [0.2, 0.25) is 0 Å². The van der Waals surface area contributed by atoms with Gasteiger partial charge in [-0.25, -0.2) is 0 Å². The van der Waals surface area contributed by atoms with E-state index in [4.69, 9.17) is 17.0 Å². The van der Waals surface area contributed by atoms with Gasteiger partial charge in [-0.3, -0.25) is 10.1 Å². The average Bonchev–Trinajstić information content (AvgIpc) is 2.54. The van der Waals surface area contributed by atoms with Crippen LogP contribution in [-0.4, -0.2) is 17.6 Å². The Morgan fingerprint density at radius 3 is 2.58 bits per heavy atom. The lowest BCUT2D eigenvalue weighted by atomic mass is 10.2. The number of benzene rings is 2. The van der Waals surface area contributed by atoms with Gasteiger partial charge < -0.3 is 10.1 Å². The highest BCUT2D eigenvalue weighted by atomic mass is 79.9. The molecule has 0 saturated carbocycles. The third-order valence-electron chi connectivity index (χ3n) is 2.91. The molecule has 0 aliphatic rings. The predicted molar refractivity (Wildman–Crippen MR) is 105 cm³/mol. The summed E-state index contributed by atoms with van der Waals surface area (Å²) in [5.74, 6) is 0.475. The van der Waals surface area contributed by atoms with E-state index in [2.05, 4.69) is 33.1 Å². The highest BCUT2D eigenvalue weighted by molar-refractivity contribution is 9.10. The molecule has 2 aromatic rings. The molecule has 6 heteroatoms. The first kappa shape index (κ1) is 18.2. The van der Waals surface area contributed by atoms with Gasteiger partial charge in [-0.1, -0.05) is 28.6 Å². The van der Waals surface area contributed by atoms with Crippen molar-refractivity contribution in [2.75, 3.05) is 11.9 Å². The summed E-state index contributed by atoms with van der Waals surface area (Å²) < 4.78 is 6.36. The Morgan fingerprint density at radius 1 is 1.25 bits per heavy atom. The number of halogens is 1. The number of hydrogen-bond donors (Lipinski definition) is 2. The van der Waals surface area contributed by atoms with Crippen molar-refractivity contribution in [3.8, 4) is 5.75 Å². The first-order valence-electron chi connectivity index (χ1n) is 7.19. The van der Waals surface area contributed by atoms with Gasteiger partial charge in [-0.15, -0.1) is 0 Å². The van der Waals surface area contributed by atoms with Gasteiger partial charge in [0.25, 0.3) is 5.91 Å². The van der Waals surface area contributed by atoms with E-state index in [9.17, 15) is 4.79 Å². The van der Waals surface area contributed by atoms with Crippen LogP contribution >= 0.6 is 28.1 Å². The number of rotatable bonds is 5. The van der Waals surface area contributed by atoms with Crippen molar-refractivity contribution in [2.45, 2.75) is 6.92 Å². The maximum atomic E-state index is 12.1. The number of hydrogen-bond acceptors (Lipinski definition) is 3. The maximum absolute atomic E-state index is 12.1. The van der Waals surface area contributed by atoms with Crippen molar-refractivity contribution in [1.29, 1.82) is 0 Å². The SMILES string of the molecule is C=C(C)COc1ccc(NC(=S)NC(=O)c2cccc(Br)c2)cc1. The Balaban J connectivity index is 1.90. The lowest BCUT2D eigenvalue weighted by Crippen LogP contribution is -2.34. The molecule has 2 aromatic carbocycles. The second-order valence-corrected chi connectivity index (χ2v) is 6.51. The number of thiocarbonyl (C=S) groups is 1. The number of anilines is 1. The predicted octanol–water partition coefficient (Wildman–Crippen LogP) is 4.53. The molecular formula is C18H17BrN2O2S. The van der Waals surface area contributed by atoms with Crippen LogP contribution in [0.1, 0.15) is 17.3 Å². The van der Waals surface area contributed by atoms with Crippen LogP contribution < -0.4 is 15.4 Å². The van der Waals surface area contributed by atoms with Gasteiger partial charge in [-0.2, -0.15) is 0 Å². The molecule has 2 N–H and O–H groups in total. The van der Waals surface area contributed by atoms with Crippen molar-refractivity contribution in [3.63, 3.8) is 0 Å². The zero-order valence-corrected chi connectivity index (χ0v) is 15.5. The molecule has 124 valence electrons. The molecule has 2 rings (SSSR count). The van der Waals surface area contributed by atoms with Gasteiger partial charge in [-0.05, 0) is 67.2 Å². The van der Waals surface area contributed by atoms with Gasteiger partial charge in [0.05, 0.1) is 0 Å². The Bertz CT molecular complexity index is 760. The number of carbonyl (C=O) groups is 1. The fraction of sp³-hybridized carbons (Fsp3) is 0.111. The fourth-order valence-corrected chi connectivity index (χ4v) is 2.42. The van der Waals surface area contributed by atoms with Crippen LogP contribution in [0.15, 0.2) is 65.2 Å². The van der Waals surface area contributed by atoms with E-state index in [1.54, 1.807) is 18.2 Å². The summed E-state index contributed by atoms with van der Waals surface area (Å²) in [6, 6.07) is 14.4. The molecule has 0 fully saturated rings. The summed E-state index contributed by atoms with van der Waals surface area (Å²) in [6.07, 6.45) is 0. The topological polar surface area (TPSA) is 50.4 Å². The van der Waals surface area contributed by atoms with Crippen molar-refractivity contribution < 1.29 is 9.53 Å². The van der Waals surface area contributed by atoms with Crippen LogP contribution in [0.5, 0.6) is 5.75 Å². The second-order valence-electron chi connectivity index (χ2n) is 5.19. The Hall–Kier alpha value is -2.18. The average molecular weight is 405 g/mol. The lowest BCUT2D eigenvalue weighted by Gasteiger charge is -2.11. The Kier molecular flexibility index (Phi) is 6.52. The van der Waals surface area contributed by atoms with Crippen molar-refractivity contribution in [3.05, 3.63) is 70.7 Å². The zero-order valence-electron chi connectivity index (χ0n) is 13.1. The van der Waals surface area contributed by atoms with E-state index >= 15 is 0 Å². The lowest BCUT2D eigenvalue weighted by molar-refractivity contribution is 0.0977. The summed E-state index contributed by atoms with van der Waals surface area (Å²) in [5, 5.41) is 5.84. The van der Waals surface area contributed by atoms with E-state index in [-0.39, 0.29) is 11.0 Å². The quantitative estimate of drug-likeness (QED) is 0.567. The molecule has 0 atom stereocenters. The normalized spacial score (nSPS) is 9.92. The molecular weight excluding hydrogens is 388 g/mol. The molecule has 0 spiro atoms. The highest BCUT2D eigenvalue weighted by Gasteiger charge is 2.08. The van der Waals surface area contributed by atoms with E-state index in [1.165, 1.54) is 0 Å². The van der Waals surface area contributed by atoms with Crippen LogP contribution in [0, 0.1) is 0 Å². The minimum Gasteiger partial charge on any atom is -0.489 e. The molecule has 0 aliphatic heterocycles. The maximum Gasteiger partial charge on any atom is 0.257 e. The number of ether oxygens (including phenoxy) is 1. The smallest absolute Gasteiger partial charge is 0.257 e. The molecule has 1 amide bonds. The van der Waals surface area contributed by atoms with Crippen LogP contribution in [-0.2, 0) is 0 Å². The summed E-state index contributed by atoms with van der Waals surface area (Å²) in [4.78, 5) is 12.1. The fourth-order valence-electron chi connectivity index (χ4n) is 1.81. The van der Waals surface area contributed by atoms with Crippen molar-refractivity contribution in [1.82, 2.24) is 5.32 Å². The molecule has 24 heavy (non-hydrogen) atoms. The second kappa shape index (κ2) is 8.61. The molecule has 0 radical (unpaired) electrons. The summed E-state index contributed by atoms with van der Waals surface area (Å²) >= 11 is 8.50. The number of carbonyl (C=O) groups excluding carboxylic acids is 1. The monoisotopic (exact) mass is 404 g/mol. The molecule has 0 aromatic heterocycles. The third kappa shape index (κ3) is 5.79. The van der Waals surface area contributed by atoms with Gasteiger partial charge in [0.1, 0.15) is 12.4 Å². The molecule has 0 aliphatic carbocycles. The van der Waals surface area contributed by atoms with Crippen LogP contribution in [0.25, 0.3) is 0 Å². The molecule has 0 saturated heterocycles. The minimum atomic E-state index is -0.268. The van der Waals surface area contributed by atoms with Crippen LogP contribution in [0.3, 0.4) is 0 Å². The van der Waals surface area contributed by atoms with Crippen LogP contribution in [0.4, 0.5) is 5.69 Å². The molecule has 0 unspecified atom stereocenters. The Labute approximate surface area is 155 Å². The molecule has 0 bridgehead atoms. The zero-order chi connectivity index (χ0) is 17.5. The summed E-state index contributed by atoms with van der Waals surface area (Å²) in [5.41, 5.74) is 2.24. The highest BCUT2D eigenvalue weighted by Crippen LogP contribution is 2.16.